The molecule has 102 valence electrons. The molecule has 0 amide bonds. The van der Waals surface area contributed by atoms with Gasteiger partial charge in [0.15, 0.2) is 0 Å². The van der Waals surface area contributed by atoms with E-state index < -0.39 is 0 Å². The fourth-order valence-electron chi connectivity index (χ4n) is 2.38. The second kappa shape index (κ2) is 6.58. The van der Waals surface area contributed by atoms with Crippen LogP contribution >= 0.6 is 0 Å². The van der Waals surface area contributed by atoms with Crippen molar-refractivity contribution < 1.29 is 4.74 Å². The molecule has 1 aliphatic rings. The van der Waals surface area contributed by atoms with Crippen molar-refractivity contribution in [1.29, 1.82) is 5.26 Å². The Hall–Kier alpha value is -1.53. The predicted molar refractivity (Wildman–Crippen MR) is 76.0 cm³/mol. The van der Waals surface area contributed by atoms with Crippen LogP contribution in [-0.4, -0.2) is 24.6 Å². The normalized spacial score (nSPS) is 14.4. The first-order valence-electron chi connectivity index (χ1n) is 7.09. The van der Waals surface area contributed by atoms with Gasteiger partial charge < -0.3 is 4.74 Å². The van der Waals surface area contributed by atoms with Gasteiger partial charge in [-0.3, -0.25) is 4.90 Å². The van der Waals surface area contributed by atoms with Gasteiger partial charge in [0.25, 0.3) is 0 Å². The molecule has 0 saturated heterocycles. The van der Waals surface area contributed by atoms with Gasteiger partial charge in [-0.05, 0) is 44.0 Å². The van der Waals surface area contributed by atoms with Crippen LogP contribution in [0.25, 0.3) is 0 Å². The van der Waals surface area contributed by atoms with Crippen LogP contribution in [0.5, 0.6) is 5.75 Å². The maximum absolute atomic E-state index is 9.02. The minimum absolute atomic E-state index is 0.710. The largest absolute Gasteiger partial charge is 0.496 e. The van der Waals surface area contributed by atoms with Crippen molar-refractivity contribution in [1.82, 2.24) is 4.90 Å². The number of hydrogen-bond donors (Lipinski definition) is 0. The molecule has 1 fully saturated rings. The van der Waals surface area contributed by atoms with E-state index in [1.807, 2.05) is 18.2 Å². The highest BCUT2D eigenvalue weighted by Gasteiger charge is 2.28. The summed E-state index contributed by atoms with van der Waals surface area (Å²) >= 11 is 0. The van der Waals surface area contributed by atoms with Crippen LogP contribution in [0, 0.1) is 11.3 Å². The first-order valence-corrected chi connectivity index (χ1v) is 7.09. The molecule has 0 N–H and O–H groups in total. The Morgan fingerprint density at radius 2 is 2.21 bits per heavy atom. The quantitative estimate of drug-likeness (QED) is 0.752. The molecule has 0 bridgehead atoms. The molecule has 3 heteroatoms. The number of ether oxygens (including phenoxy) is 1. The summed E-state index contributed by atoms with van der Waals surface area (Å²) in [5.74, 6) is 0.890. The number of nitrogens with zero attached hydrogens (tertiary/aromatic N) is 2. The lowest BCUT2D eigenvalue weighted by Crippen LogP contribution is -2.26. The van der Waals surface area contributed by atoms with Crippen LogP contribution < -0.4 is 4.74 Å². The zero-order valence-corrected chi connectivity index (χ0v) is 11.9. The Labute approximate surface area is 115 Å². The summed E-state index contributed by atoms with van der Waals surface area (Å²) in [7, 11) is 1.69. The number of hydrogen-bond acceptors (Lipinski definition) is 3. The van der Waals surface area contributed by atoms with E-state index in [1.165, 1.54) is 25.7 Å². The third-order valence-electron chi connectivity index (χ3n) is 3.65. The number of benzene rings is 1. The van der Waals surface area contributed by atoms with Crippen molar-refractivity contribution in [3.05, 3.63) is 29.3 Å². The number of methoxy groups -OCH3 is 1. The zero-order chi connectivity index (χ0) is 13.7. The Kier molecular flexibility index (Phi) is 4.81. The highest BCUT2D eigenvalue weighted by Crippen LogP contribution is 2.30. The first-order chi connectivity index (χ1) is 9.28. The predicted octanol–water partition coefficient (Wildman–Crippen LogP) is 3.33. The van der Waals surface area contributed by atoms with Gasteiger partial charge in [0.2, 0.25) is 0 Å². The van der Waals surface area contributed by atoms with Crippen LogP contribution in [0.15, 0.2) is 18.2 Å². The highest BCUT2D eigenvalue weighted by molar-refractivity contribution is 5.42. The van der Waals surface area contributed by atoms with E-state index in [1.54, 1.807) is 7.11 Å². The van der Waals surface area contributed by atoms with Crippen molar-refractivity contribution in [3.8, 4) is 11.8 Å². The third-order valence-corrected chi connectivity index (χ3v) is 3.65. The summed E-state index contributed by atoms with van der Waals surface area (Å²) in [5.41, 5.74) is 1.84. The molecule has 1 aromatic rings. The van der Waals surface area contributed by atoms with E-state index in [9.17, 15) is 0 Å². The minimum Gasteiger partial charge on any atom is -0.496 e. The summed E-state index contributed by atoms with van der Waals surface area (Å²) in [6, 6.07) is 8.62. The van der Waals surface area contributed by atoms with E-state index >= 15 is 0 Å². The molecule has 19 heavy (non-hydrogen) atoms. The summed E-state index contributed by atoms with van der Waals surface area (Å²) < 4.78 is 5.41. The van der Waals surface area contributed by atoms with Crippen molar-refractivity contribution >= 4 is 0 Å². The molecule has 0 heterocycles. The van der Waals surface area contributed by atoms with Crippen molar-refractivity contribution in [2.75, 3.05) is 13.7 Å². The van der Waals surface area contributed by atoms with Crippen LogP contribution in [-0.2, 0) is 6.54 Å². The molecule has 3 nitrogen and oxygen atoms in total. The van der Waals surface area contributed by atoms with Gasteiger partial charge in [0, 0.05) is 18.2 Å². The highest BCUT2D eigenvalue weighted by atomic mass is 16.5. The van der Waals surface area contributed by atoms with Gasteiger partial charge in [-0.2, -0.15) is 5.26 Å². The first kappa shape index (κ1) is 13.9. The second-order valence-corrected chi connectivity index (χ2v) is 5.19. The molecular formula is C16H22N2O. The lowest BCUT2D eigenvalue weighted by molar-refractivity contribution is 0.246. The van der Waals surface area contributed by atoms with E-state index in [0.717, 1.165) is 30.4 Å². The molecule has 0 atom stereocenters. The van der Waals surface area contributed by atoms with Gasteiger partial charge in [0.05, 0.1) is 18.7 Å². The number of unbranched alkanes of at least 4 members (excludes halogenated alkanes) is 1. The maximum atomic E-state index is 9.02. The topological polar surface area (TPSA) is 36.3 Å². The third kappa shape index (κ3) is 3.71. The number of rotatable bonds is 7. The smallest absolute Gasteiger partial charge is 0.123 e. The van der Waals surface area contributed by atoms with Gasteiger partial charge >= 0.3 is 0 Å². The van der Waals surface area contributed by atoms with Crippen LogP contribution in [0.1, 0.15) is 43.7 Å². The monoisotopic (exact) mass is 258 g/mol. The second-order valence-electron chi connectivity index (χ2n) is 5.19. The molecule has 0 radical (unpaired) electrons. The number of nitriles is 1. The van der Waals surface area contributed by atoms with Crippen molar-refractivity contribution in [2.24, 2.45) is 0 Å². The van der Waals surface area contributed by atoms with Gasteiger partial charge in [-0.25, -0.2) is 0 Å². The molecule has 0 unspecified atom stereocenters. The summed E-state index contributed by atoms with van der Waals surface area (Å²) in [5, 5.41) is 9.02. The summed E-state index contributed by atoms with van der Waals surface area (Å²) in [6.07, 6.45) is 5.07. The Bertz CT molecular complexity index is 460. The lowest BCUT2D eigenvalue weighted by atomic mass is 10.1. The van der Waals surface area contributed by atoms with E-state index in [-0.39, 0.29) is 0 Å². The average molecular weight is 258 g/mol. The molecule has 0 spiro atoms. The Morgan fingerprint density at radius 1 is 1.42 bits per heavy atom. The molecular weight excluding hydrogens is 236 g/mol. The maximum Gasteiger partial charge on any atom is 0.123 e. The zero-order valence-electron chi connectivity index (χ0n) is 11.9. The van der Waals surface area contributed by atoms with Gasteiger partial charge in [-0.1, -0.05) is 13.3 Å². The summed E-state index contributed by atoms with van der Waals surface area (Å²) in [6.45, 7) is 4.26. The fourth-order valence-corrected chi connectivity index (χ4v) is 2.38. The molecule has 0 aliphatic heterocycles. The van der Waals surface area contributed by atoms with E-state index in [2.05, 4.69) is 17.9 Å². The fraction of sp³-hybridized carbons (Fsp3) is 0.562. The van der Waals surface area contributed by atoms with Crippen molar-refractivity contribution in [3.63, 3.8) is 0 Å². The Morgan fingerprint density at radius 3 is 2.79 bits per heavy atom. The van der Waals surface area contributed by atoms with E-state index in [0.29, 0.717) is 5.56 Å². The molecule has 1 saturated carbocycles. The molecule has 1 aromatic carbocycles. The molecule has 0 aromatic heterocycles. The van der Waals surface area contributed by atoms with Crippen LogP contribution in [0.3, 0.4) is 0 Å². The average Bonchev–Trinajstić information content (AvgIpc) is 3.27. The van der Waals surface area contributed by atoms with Crippen LogP contribution in [0.4, 0.5) is 0 Å². The lowest BCUT2D eigenvalue weighted by Gasteiger charge is -2.23. The molecule has 1 aliphatic carbocycles. The summed E-state index contributed by atoms with van der Waals surface area (Å²) in [4.78, 5) is 2.53. The SMILES string of the molecule is CCCCN(Cc1cc(C#N)ccc1OC)C1CC1. The Balaban J connectivity index is 2.12. The van der Waals surface area contributed by atoms with Crippen LogP contribution in [0.2, 0.25) is 0 Å². The minimum atomic E-state index is 0.710. The van der Waals surface area contributed by atoms with Gasteiger partial charge in [0.1, 0.15) is 5.75 Å². The standard InChI is InChI=1S/C16H22N2O/c1-3-4-9-18(15-6-7-15)12-14-10-13(11-17)5-8-16(14)19-2/h5,8,10,15H,3-4,6-7,9,12H2,1-2H3. The van der Waals surface area contributed by atoms with E-state index in [4.69, 9.17) is 10.00 Å². The van der Waals surface area contributed by atoms with Crippen molar-refractivity contribution in [2.45, 2.75) is 45.2 Å². The van der Waals surface area contributed by atoms with Gasteiger partial charge in [-0.15, -0.1) is 0 Å². The molecule has 2 rings (SSSR count).